The Balaban J connectivity index is 0.00000324. The van der Waals surface area contributed by atoms with E-state index in [-0.39, 0.29) is 18.3 Å². The van der Waals surface area contributed by atoms with E-state index >= 15 is 0 Å². The van der Waals surface area contributed by atoms with E-state index in [1.54, 1.807) is 21.1 Å². The summed E-state index contributed by atoms with van der Waals surface area (Å²) in [6, 6.07) is 3.15. The Morgan fingerprint density at radius 3 is 2.53 bits per heavy atom. The first-order valence-electron chi connectivity index (χ1n) is 5.43. The number of methoxy groups -OCH3 is 2. The van der Waals surface area contributed by atoms with Crippen LogP contribution in [0.2, 0.25) is 0 Å². The monoisotopic (exact) mass is 352 g/mol. The van der Waals surface area contributed by atoms with Crippen LogP contribution in [-0.2, 0) is 11.3 Å². The molecule has 0 aromatic heterocycles. The number of carbonyl (C=O) groups is 1. The third kappa shape index (κ3) is 4.89. The number of nitrogens with two attached hydrogens (primary N) is 1. The molecule has 5 nitrogen and oxygen atoms in total. The Bertz CT molecular complexity index is 441. The van der Waals surface area contributed by atoms with Gasteiger partial charge in [-0.15, -0.1) is 12.4 Å². The van der Waals surface area contributed by atoms with E-state index in [1.165, 1.54) is 0 Å². The summed E-state index contributed by atoms with van der Waals surface area (Å²) in [4.78, 5) is 11.4. The molecule has 0 bridgehead atoms. The second kappa shape index (κ2) is 8.24. The van der Waals surface area contributed by atoms with Gasteiger partial charge in [0.1, 0.15) is 0 Å². The van der Waals surface area contributed by atoms with Crippen molar-refractivity contribution in [3.05, 3.63) is 22.2 Å². The molecule has 0 heterocycles. The van der Waals surface area contributed by atoms with E-state index in [2.05, 4.69) is 21.2 Å². The van der Waals surface area contributed by atoms with Gasteiger partial charge in [-0.2, -0.15) is 0 Å². The maximum Gasteiger partial charge on any atom is 0.236 e. The molecule has 1 atom stereocenters. The van der Waals surface area contributed by atoms with Gasteiger partial charge in [0.05, 0.1) is 24.7 Å². The molecule has 0 unspecified atom stereocenters. The molecule has 108 valence electrons. The van der Waals surface area contributed by atoms with E-state index in [1.807, 2.05) is 12.1 Å². The molecular weight excluding hydrogens is 336 g/mol. The Labute approximate surface area is 127 Å². The highest BCUT2D eigenvalue weighted by Crippen LogP contribution is 2.36. The molecule has 19 heavy (non-hydrogen) atoms. The summed E-state index contributed by atoms with van der Waals surface area (Å²) in [6.45, 7) is 2.03. The summed E-state index contributed by atoms with van der Waals surface area (Å²) < 4.78 is 11.2. The van der Waals surface area contributed by atoms with Crippen LogP contribution in [0.1, 0.15) is 12.5 Å². The molecule has 1 rings (SSSR count). The fourth-order valence-corrected chi connectivity index (χ4v) is 2.07. The van der Waals surface area contributed by atoms with E-state index in [0.29, 0.717) is 18.0 Å². The average Bonchev–Trinajstić information content (AvgIpc) is 2.34. The summed E-state index contributed by atoms with van der Waals surface area (Å²) in [7, 11) is 3.13. The first kappa shape index (κ1) is 18.0. The summed E-state index contributed by atoms with van der Waals surface area (Å²) in [5.74, 6) is 1.04. The van der Waals surface area contributed by atoms with E-state index < -0.39 is 6.04 Å². The Morgan fingerprint density at radius 1 is 1.42 bits per heavy atom. The fourth-order valence-electron chi connectivity index (χ4n) is 1.42. The molecular formula is C12H18BrClN2O3. The number of hydrogen-bond donors (Lipinski definition) is 2. The highest BCUT2D eigenvalue weighted by molar-refractivity contribution is 9.10. The van der Waals surface area contributed by atoms with Crippen molar-refractivity contribution in [2.75, 3.05) is 14.2 Å². The third-order valence-corrected chi connectivity index (χ3v) is 2.96. The lowest BCUT2D eigenvalue weighted by Gasteiger charge is -2.13. The van der Waals surface area contributed by atoms with Crippen molar-refractivity contribution < 1.29 is 14.3 Å². The number of nitrogens with one attached hydrogen (secondary N) is 1. The van der Waals surface area contributed by atoms with Crippen molar-refractivity contribution in [1.82, 2.24) is 5.32 Å². The zero-order valence-corrected chi connectivity index (χ0v) is 13.4. The number of halogens is 2. The van der Waals surface area contributed by atoms with Crippen LogP contribution in [0.15, 0.2) is 16.6 Å². The van der Waals surface area contributed by atoms with Gasteiger partial charge >= 0.3 is 0 Å². The van der Waals surface area contributed by atoms with Gasteiger partial charge in [-0.1, -0.05) is 0 Å². The topological polar surface area (TPSA) is 73.6 Å². The van der Waals surface area contributed by atoms with Gasteiger partial charge in [0.2, 0.25) is 5.91 Å². The SMILES string of the molecule is COc1cc(CNC(=O)[C@H](C)N)cc(Br)c1OC.Cl. The first-order chi connectivity index (χ1) is 8.49. The highest BCUT2D eigenvalue weighted by atomic mass is 79.9. The molecule has 1 aromatic rings. The average molecular weight is 354 g/mol. The highest BCUT2D eigenvalue weighted by Gasteiger charge is 2.12. The molecule has 7 heteroatoms. The summed E-state index contributed by atoms with van der Waals surface area (Å²) in [5, 5.41) is 2.73. The minimum Gasteiger partial charge on any atom is -0.493 e. The third-order valence-electron chi connectivity index (χ3n) is 2.37. The number of hydrogen-bond acceptors (Lipinski definition) is 4. The van der Waals surface area contributed by atoms with Crippen LogP contribution in [0.5, 0.6) is 11.5 Å². The van der Waals surface area contributed by atoms with Crippen molar-refractivity contribution >= 4 is 34.2 Å². The molecule has 0 aliphatic heterocycles. The molecule has 0 radical (unpaired) electrons. The number of amides is 1. The maximum atomic E-state index is 11.4. The molecule has 0 fully saturated rings. The van der Waals surface area contributed by atoms with Crippen LogP contribution in [0.4, 0.5) is 0 Å². The van der Waals surface area contributed by atoms with Crippen LogP contribution in [0, 0.1) is 0 Å². The van der Waals surface area contributed by atoms with Gasteiger partial charge in [0, 0.05) is 6.54 Å². The van der Waals surface area contributed by atoms with Crippen LogP contribution < -0.4 is 20.5 Å². The van der Waals surface area contributed by atoms with Crippen LogP contribution in [0.25, 0.3) is 0 Å². The number of rotatable bonds is 5. The Morgan fingerprint density at radius 2 is 2.05 bits per heavy atom. The largest absolute Gasteiger partial charge is 0.493 e. The quantitative estimate of drug-likeness (QED) is 0.847. The van der Waals surface area contributed by atoms with Gasteiger partial charge in [-0.05, 0) is 40.5 Å². The lowest BCUT2D eigenvalue weighted by molar-refractivity contribution is -0.122. The van der Waals surface area contributed by atoms with Crippen LogP contribution in [-0.4, -0.2) is 26.2 Å². The fraction of sp³-hybridized carbons (Fsp3) is 0.417. The molecule has 0 saturated heterocycles. The van der Waals surface area contributed by atoms with Gasteiger partial charge in [0.25, 0.3) is 0 Å². The zero-order valence-electron chi connectivity index (χ0n) is 11.0. The molecule has 0 aliphatic carbocycles. The molecule has 1 amide bonds. The van der Waals surface area contributed by atoms with Crippen molar-refractivity contribution in [2.24, 2.45) is 5.73 Å². The smallest absolute Gasteiger partial charge is 0.236 e. The van der Waals surface area contributed by atoms with Gasteiger partial charge in [0.15, 0.2) is 11.5 Å². The number of carbonyl (C=O) groups excluding carboxylic acids is 1. The van der Waals surface area contributed by atoms with Crippen LogP contribution in [0.3, 0.4) is 0 Å². The van der Waals surface area contributed by atoms with E-state index in [9.17, 15) is 4.79 Å². The van der Waals surface area contributed by atoms with Crippen molar-refractivity contribution in [3.8, 4) is 11.5 Å². The van der Waals surface area contributed by atoms with E-state index in [0.717, 1.165) is 10.0 Å². The summed E-state index contributed by atoms with van der Waals surface area (Å²) in [5.41, 5.74) is 6.36. The minimum absolute atomic E-state index is 0. The maximum absolute atomic E-state index is 11.4. The lowest BCUT2D eigenvalue weighted by Crippen LogP contribution is -2.37. The second-order valence-electron chi connectivity index (χ2n) is 3.82. The number of ether oxygens (including phenoxy) is 2. The molecule has 0 spiro atoms. The van der Waals surface area contributed by atoms with Crippen molar-refractivity contribution in [1.29, 1.82) is 0 Å². The minimum atomic E-state index is -0.520. The van der Waals surface area contributed by atoms with Crippen molar-refractivity contribution in [2.45, 2.75) is 19.5 Å². The standard InChI is InChI=1S/C12H17BrN2O3.ClH/c1-7(14)12(16)15-6-8-4-9(13)11(18-3)10(5-8)17-2;/h4-5,7H,6,14H2,1-3H3,(H,15,16);1H/t7-;/m0./s1. The van der Waals surface area contributed by atoms with Gasteiger partial charge in [-0.25, -0.2) is 0 Å². The Kier molecular flexibility index (Phi) is 7.82. The van der Waals surface area contributed by atoms with Crippen molar-refractivity contribution in [3.63, 3.8) is 0 Å². The molecule has 1 aromatic carbocycles. The van der Waals surface area contributed by atoms with Gasteiger partial charge < -0.3 is 20.5 Å². The predicted octanol–water partition coefficient (Wildman–Crippen LogP) is 1.85. The normalized spacial score (nSPS) is 11.2. The summed E-state index contributed by atoms with van der Waals surface area (Å²) in [6.07, 6.45) is 0. The number of benzene rings is 1. The molecule has 0 aliphatic rings. The lowest BCUT2D eigenvalue weighted by atomic mass is 10.2. The van der Waals surface area contributed by atoms with E-state index in [4.69, 9.17) is 15.2 Å². The predicted molar refractivity (Wildman–Crippen MR) is 80.0 cm³/mol. The van der Waals surface area contributed by atoms with Crippen LogP contribution >= 0.6 is 28.3 Å². The van der Waals surface area contributed by atoms with Gasteiger partial charge in [-0.3, -0.25) is 4.79 Å². The molecule has 3 N–H and O–H groups in total. The summed E-state index contributed by atoms with van der Waals surface area (Å²) >= 11 is 3.39. The second-order valence-corrected chi connectivity index (χ2v) is 4.67. The first-order valence-corrected chi connectivity index (χ1v) is 6.22. The Hall–Kier alpha value is -0.980. The zero-order chi connectivity index (χ0) is 13.7. The molecule has 0 saturated carbocycles.